The molecule has 0 saturated carbocycles. The molecule has 3 unspecified atom stereocenters. The summed E-state index contributed by atoms with van der Waals surface area (Å²) in [7, 11) is 0. The third-order valence-electron chi connectivity index (χ3n) is 6.01. The van der Waals surface area contributed by atoms with Crippen LogP contribution < -0.4 is 16.2 Å². The highest BCUT2D eigenvalue weighted by Gasteiger charge is 2.24. The van der Waals surface area contributed by atoms with Crippen LogP contribution in [0.1, 0.15) is 54.0 Å². The molecule has 1 aliphatic heterocycles. The van der Waals surface area contributed by atoms with E-state index < -0.39 is 17.9 Å². The van der Waals surface area contributed by atoms with Crippen LogP contribution >= 0.6 is 24.2 Å². The van der Waals surface area contributed by atoms with Gasteiger partial charge in [-0.3, -0.25) is 0 Å². The number of hydrogen-bond donors (Lipinski definition) is 4. The largest absolute Gasteiger partial charge is 0.492 e. The molecule has 0 aliphatic carbocycles. The van der Waals surface area contributed by atoms with Crippen molar-refractivity contribution in [1.29, 1.82) is 0 Å². The number of aromatic amines is 1. The molecule has 34 heavy (non-hydrogen) atoms. The van der Waals surface area contributed by atoms with Gasteiger partial charge in [-0.15, -0.1) is 17.7 Å². The summed E-state index contributed by atoms with van der Waals surface area (Å²) in [6.07, 6.45) is 0.0626. The maximum atomic E-state index is 11.1. The predicted octanol–water partition coefficient (Wildman–Crippen LogP) is 5.07. The summed E-state index contributed by atoms with van der Waals surface area (Å²) in [5, 5.41) is 18.7. The molecule has 2 heterocycles. The Balaban J connectivity index is 0.000000180. The zero-order valence-electron chi connectivity index (χ0n) is 18.8. The fourth-order valence-corrected chi connectivity index (χ4v) is 4.71. The van der Waals surface area contributed by atoms with E-state index in [-0.39, 0.29) is 11.8 Å². The standard InChI is InChI=1S/C16H17N3O2.C9H9ClO2S/c1-9-5-3-6-11-7-4-8-12(13(9)11)10(2)14(17)15-18-19-16(20)21-15;10-5-1-2-7(13)9-8(5)6(11)3-4-12-9/h3-8,10,14H,17H2,1-2H3,(H,19,20);1-2,6,11,13H,3-4H2. The highest BCUT2D eigenvalue weighted by molar-refractivity contribution is 7.80. The van der Waals surface area contributed by atoms with Gasteiger partial charge >= 0.3 is 5.76 Å². The van der Waals surface area contributed by atoms with Crippen LogP contribution in [-0.4, -0.2) is 21.9 Å². The number of aliphatic hydroxyl groups excluding tert-OH is 1. The van der Waals surface area contributed by atoms with Crippen molar-refractivity contribution in [3.05, 3.63) is 86.7 Å². The highest BCUT2D eigenvalue weighted by Crippen LogP contribution is 2.41. The zero-order chi connectivity index (χ0) is 24.4. The first kappa shape index (κ1) is 24.3. The van der Waals surface area contributed by atoms with Crippen LogP contribution in [0.3, 0.4) is 0 Å². The summed E-state index contributed by atoms with van der Waals surface area (Å²) in [5.41, 5.74) is 9.21. The van der Waals surface area contributed by atoms with Gasteiger partial charge in [0.25, 0.3) is 0 Å². The summed E-state index contributed by atoms with van der Waals surface area (Å²) >= 11 is 10.2. The molecule has 5 rings (SSSR count). The van der Waals surface area contributed by atoms with Crippen LogP contribution in [0.2, 0.25) is 5.02 Å². The van der Waals surface area contributed by atoms with E-state index in [1.807, 2.05) is 19.1 Å². The Morgan fingerprint density at radius 3 is 2.65 bits per heavy atom. The summed E-state index contributed by atoms with van der Waals surface area (Å²) in [4.78, 5) is 11.8. The van der Waals surface area contributed by atoms with E-state index >= 15 is 0 Å². The van der Waals surface area contributed by atoms with E-state index in [9.17, 15) is 9.90 Å². The number of benzene rings is 3. The third-order valence-corrected chi connectivity index (χ3v) is 6.69. The minimum absolute atomic E-state index is 0.0266. The number of halogens is 1. The number of aromatic nitrogens is 2. The molecule has 9 heteroatoms. The van der Waals surface area contributed by atoms with Crippen LogP contribution in [0, 0.1) is 6.92 Å². The Bertz CT molecular complexity index is 1360. The van der Waals surface area contributed by atoms with Gasteiger partial charge < -0.3 is 20.0 Å². The lowest BCUT2D eigenvalue weighted by molar-refractivity contribution is 0.113. The van der Waals surface area contributed by atoms with E-state index in [2.05, 4.69) is 54.0 Å². The molecule has 0 saturated heterocycles. The first-order valence-electron chi connectivity index (χ1n) is 10.9. The van der Waals surface area contributed by atoms with Crippen LogP contribution in [-0.2, 0) is 0 Å². The normalized spacial score (nSPS) is 16.7. The number of rotatable bonds is 3. The lowest BCUT2D eigenvalue weighted by Gasteiger charge is -2.24. The first-order valence-corrected chi connectivity index (χ1v) is 11.7. The number of aliphatic hydroxyl groups is 1. The fraction of sp³-hybridized carbons (Fsp3) is 0.280. The molecule has 0 fully saturated rings. The number of hydrogen-bond acceptors (Lipinski definition) is 7. The van der Waals surface area contributed by atoms with Gasteiger partial charge in [0.05, 0.1) is 23.8 Å². The molecular weight excluding hydrogens is 474 g/mol. The number of nitrogens with two attached hydrogens (primary N) is 1. The monoisotopic (exact) mass is 499 g/mol. The topological polar surface area (TPSA) is 114 Å². The van der Waals surface area contributed by atoms with E-state index in [0.29, 0.717) is 29.4 Å². The Labute approximate surface area is 207 Å². The van der Waals surface area contributed by atoms with Crippen molar-refractivity contribution < 1.29 is 14.3 Å². The summed E-state index contributed by atoms with van der Waals surface area (Å²) < 4.78 is 10.4. The summed E-state index contributed by atoms with van der Waals surface area (Å²) in [5.74, 6) is 0.246. The Kier molecular flexibility index (Phi) is 7.33. The average molecular weight is 500 g/mol. The van der Waals surface area contributed by atoms with Crippen molar-refractivity contribution in [3.63, 3.8) is 0 Å². The van der Waals surface area contributed by atoms with Gasteiger partial charge in [-0.05, 0) is 41.0 Å². The van der Waals surface area contributed by atoms with E-state index in [1.165, 1.54) is 16.3 Å². The quantitative estimate of drug-likeness (QED) is 0.292. The van der Waals surface area contributed by atoms with Crippen LogP contribution in [0.25, 0.3) is 10.8 Å². The molecule has 0 bridgehead atoms. The molecule has 1 aromatic heterocycles. The van der Waals surface area contributed by atoms with Gasteiger partial charge in [-0.1, -0.05) is 54.9 Å². The molecule has 0 spiro atoms. The number of H-pyrrole nitrogens is 1. The number of fused-ring (bicyclic) bond motifs is 2. The molecule has 3 atom stereocenters. The van der Waals surface area contributed by atoms with Crippen LogP contribution in [0.5, 0.6) is 5.75 Å². The van der Waals surface area contributed by atoms with Gasteiger partial charge in [0.1, 0.15) is 5.75 Å². The van der Waals surface area contributed by atoms with Gasteiger partial charge in [0, 0.05) is 22.8 Å². The number of aryl methyl sites for hydroxylation is 1. The minimum Gasteiger partial charge on any atom is -0.492 e. The van der Waals surface area contributed by atoms with Crippen molar-refractivity contribution in [2.45, 2.75) is 43.2 Å². The molecule has 1 aliphatic rings. The maximum absolute atomic E-state index is 11.1. The van der Waals surface area contributed by atoms with Gasteiger partial charge in [0.2, 0.25) is 5.89 Å². The average Bonchev–Trinajstić information content (AvgIpc) is 3.27. The Hall–Kier alpha value is -2.78. The molecule has 0 radical (unpaired) electrons. The van der Waals surface area contributed by atoms with E-state index in [4.69, 9.17) is 26.5 Å². The van der Waals surface area contributed by atoms with Crippen LogP contribution in [0.15, 0.2) is 62.6 Å². The predicted molar refractivity (Wildman–Crippen MR) is 135 cm³/mol. The van der Waals surface area contributed by atoms with E-state index in [1.54, 1.807) is 12.1 Å². The second-order valence-electron chi connectivity index (χ2n) is 8.25. The molecule has 178 valence electrons. The smallest absolute Gasteiger partial charge is 0.434 e. The van der Waals surface area contributed by atoms with Crippen molar-refractivity contribution in [3.8, 4) is 5.75 Å². The number of nitrogens with one attached hydrogen (secondary N) is 1. The maximum Gasteiger partial charge on any atom is 0.434 e. The molecule has 4 N–H and O–H groups in total. The van der Waals surface area contributed by atoms with Crippen molar-refractivity contribution in [2.24, 2.45) is 5.73 Å². The number of nitrogens with zero attached hydrogens (tertiary/aromatic N) is 1. The Morgan fingerprint density at radius 1 is 1.24 bits per heavy atom. The number of ether oxygens (including phenoxy) is 1. The van der Waals surface area contributed by atoms with Gasteiger partial charge in [0.15, 0.2) is 0 Å². The Morgan fingerprint density at radius 2 is 1.97 bits per heavy atom. The third kappa shape index (κ3) is 4.86. The molecule has 3 aromatic carbocycles. The summed E-state index contributed by atoms with van der Waals surface area (Å²) in [6.45, 7) is 4.61. The van der Waals surface area contributed by atoms with Crippen molar-refractivity contribution in [1.82, 2.24) is 10.2 Å². The van der Waals surface area contributed by atoms with Crippen LogP contribution in [0.4, 0.5) is 0 Å². The first-order chi connectivity index (χ1) is 16.3. The lowest BCUT2D eigenvalue weighted by Crippen LogP contribution is -2.18. The molecule has 7 nitrogen and oxygen atoms in total. The van der Waals surface area contributed by atoms with Crippen molar-refractivity contribution >= 4 is 35.0 Å². The zero-order valence-corrected chi connectivity index (χ0v) is 20.4. The second-order valence-corrected chi connectivity index (χ2v) is 9.14. The SMILES string of the molecule is Cc1cccc2cccc(C(C)C(N)c3n[nH]c(=O)o3)c12.OC1CCOc2c(S)ccc(Cl)c21. The second kappa shape index (κ2) is 10.2. The van der Waals surface area contributed by atoms with Gasteiger partial charge in [-0.2, -0.15) is 0 Å². The van der Waals surface area contributed by atoms with Gasteiger partial charge in [-0.25, -0.2) is 9.89 Å². The fourth-order valence-electron chi connectivity index (χ4n) is 4.18. The summed E-state index contributed by atoms with van der Waals surface area (Å²) in [6, 6.07) is 15.4. The molecular formula is C25H26ClN3O4S. The highest BCUT2D eigenvalue weighted by atomic mass is 35.5. The lowest BCUT2D eigenvalue weighted by atomic mass is 9.88. The van der Waals surface area contributed by atoms with E-state index in [0.717, 1.165) is 10.5 Å². The van der Waals surface area contributed by atoms with Crippen molar-refractivity contribution in [2.75, 3.05) is 6.61 Å². The number of thiol groups is 1. The molecule has 0 amide bonds. The minimum atomic E-state index is -0.582. The molecule has 4 aromatic rings.